The fourth-order valence-electron chi connectivity index (χ4n) is 3.69. The normalized spacial score (nSPS) is 10.7. The van der Waals surface area contributed by atoms with E-state index in [0.29, 0.717) is 28.8 Å². The number of thioether (sulfide) groups is 1. The number of anilines is 1. The van der Waals surface area contributed by atoms with Crippen molar-refractivity contribution in [3.63, 3.8) is 0 Å². The van der Waals surface area contributed by atoms with Crippen LogP contribution in [0.1, 0.15) is 41.5 Å². The summed E-state index contributed by atoms with van der Waals surface area (Å²) < 4.78 is 20.6. The lowest BCUT2D eigenvalue weighted by Crippen LogP contribution is -2.24. The van der Waals surface area contributed by atoms with E-state index in [2.05, 4.69) is 27.8 Å². The molecule has 202 valence electrons. The maximum absolute atomic E-state index is 13.1. The second-order valence-electron chi connectivity index (χ2n) is 8.83. The highest BCUT2D eigenvalue weighted by atomic mass is 32.2. The van der Waals surface area contributed by atoms with Gasteiger partial charge in [-0.25, -0.2) is 4.39 Å². The number of carbonyl (C=O) groups is 2. The first-order chi connectivity index (χ1) is 18.9. The van der Waals surface area contributed by atoms with Gasteiger partial charge in [0.1, 0.15) is 11.6 Å². The second kappa shape index (κ2) is 13.6. The molecule has 8 nitrogen and oxygen atoms in total. The Morgan fingerprint density at radius 2 is 1.79 bits per heavy atom. The minimum Gasteiger partial charge on any atom is -0.494 e. The van der Waals surface area contributed by atoms with Gasteiger partial charge in [-0.15, -0.1) is 10.2 Å². The summed E-state index contributed by atoms with van der Waals surface area (Å²) in [6, 6.07) is 20.4. The van der Waals surface area contributed by atoms with E-state index >= 15 is 0 Å². The van der Waals surface area contributed by atoms with Crippen molar-refractivity contribution in [3.8, 4) is 11.4 Å². The van der Waals surface area contributed by atoms with Crippen LogP contribution in [-0.4, -0.2) is 38.9 Å². The Hall–Kier alpha value is -4.18. The number of aromatic nitrogens is 3. The van der Waals surface area contributed by atoms with E-state index < -0.39 is 0 Å². The lowest BCUT2D eigenvalue weighted by molar-refractivity contribution is -0.113. The van der Waals surface area contributed by atoms with Gasteiger partial charge in [0.15, 0.2) is 11.0 Å². The van der Waals surface area contributed by atoms with E-state index in [1.165, 1.54) is 36.0 Å². The molecule has 0 aliphatic rings. The Labute approximate surface area is 231 Å². The third kappa shape index (κ3) is 7.90. The number of aryl methyl sites for hydroxylation is 1. The zero-order chi connectivity index (χ0) is 27.6. The first-order valence-corrected chi connectivity index (χ1v) is 13.6. The smallest absolute Gasteiger partial charge is 0.251 e. The highest BCUT2D eigenvalue weighted by Gasteiger charge is 2.17. The first-order valence-electron chi connectivity index (χ1n) is 12.6. The molecule has 0 fully saturated rings. The van der Waals surface area contributed by atoms with Crippen LogP contribution in [0.15, 0.2) is 78.0 Å². The van der Waals surface area contributed by atoms with Crippen LogP contribution in [0.2, 0.25) is 0 Å². The van der Waals surface area contributed by atoms with Crippen LogP contribution in [-0.2, 0) is 11.3 Å². The van der Waals surface area contributed by atoms with E-state index in [4.69, 9.17) is 4.74 Å². The average molecular weight is 548 g/mol. The van der Waals surface area contributed by atoms with Crippen LogP contribution in [0, 0.1) is 12.7 Å². The van der Waals surface area contributed by atoms with E-state index in [1.807, 2.05) is 35.8 Å². The maximum Gasteiger partial charge on any atom is 0.251 e. The molecule has 4 aromatic rings. The summed E-state index contributed by atoms with van der Waals surface area (Å²) in [6.07, 6.45) is 2.03. The predicted octanol–water partition coefficient (Wildman–Crippen LogP) is 5.55. The predicted molar refractivity (Wildman–Crippen MR) is 150 cm³/mol. The van der Waals surface area contributed by atoms with Crippen LogP contribution in [0.3, 0.4) is 0 Å². The number of carbonyl (C=O) groups excluding carboxylic acids is 2. The molecular formula is C29H30FN5O3S. The number of nitrogens with zero attached hydrogens (tertiary/aromatic N) is 3. The van der Waals surface area contributed by atoms with Gasteiger partial charge in [0.2, 0.25) is 5.91 Å². The van der Waals surface area contributed by atoms with Crippen molar-refractivity contribution >= 4 is 29.3 Å². The molecule has 2 amide bonds. The summed E-state index contributed by atoms with van der Waals surface area (Å²) >= 11 is 1.22. The third-order valence-electron chi connectivity index (χ3n) is 5.71. The second-order valence-corrected chi connectivity index (χ2v) is 9.77. The molecule has 0 unspecified atom stereocenters. The van der Waals surface area contributed by atoms with Crippen molar-refractivity contribution in [3.05, 3.63) is 95.6 Å². The minimum atomic E-state index is -0.373. The molecule has 3 aromatic carbocycles. The number of hydrogen-bond acceptors (Lipinski definition) is 6. The molecule has 1 heterocycles. The number of rotatable bonds is 12. The molecule has 0 radical (unpaired) electrons. The molecule has 39 heavy (non-hydrogen) atoms. The standard InChI is InChI=1S/C29H30FN5O3S/c1-3-4-16-38-25-14-8-21(9-15-25)28(37)31-18-26-33-34-29(35(26)24-7-5-6-20(2)17-24)39-19-27(36)32-23-12-10-22(30)11-13-23/h5-15,17H,3-4,16,18-19H2,1-2H3,(H,31,37)(H,32,36). The van der Waals surface area contributed by atoms with Gasteiger partial charge in [0.25, 0.3) is 5.91 Å². The van der Waals surface area contributed by atoms with Crippen LogP contribution < -0.4 is 15.4 Å². The summed E-state index contributed by atoms with van der Waals surface area (Å²) in [5.41, 5.74) is 2.87. The Kier molecular flexibility index (Phi) is 9.69. The van der Waals surface area contributed by atoms with Crippen LogP contribution in [0.25, 0.3) is 5.69 Å². The Bertz CT molecular complexity index is 1410. The summed E-state index contributed by atoms with van der Waals surface area (Å²) in [6.45, 7) is 4.86. The number of hydrogen-bond donors (Lipinski definition) is 2. The Morgan fingerprint density at radius 1 is 1.03 bits per heavy atom. The highest BCUT2D eigenvalue weighted by Crippen LogP contribution is 2.23. The molecule has 2 N–H and O–H groups in total. The van der Waals surface area contributed by atoms with E-state index in [0.717, 1.165) is 29.8 Å². The number of ether oxygens (including phenoxy) is 1. The van der Waals surface area contributed by atoms with Crippen molar-refractivity contribution in [1.82, 2.24) is 20.1 Å². The van der Waals surface area contributed by atoms with Gasteiger partial charge < -0.3 is 15.4 Å². The molecule has 0 aliphatic carbocycles. The quantitative estimate of drug-likeness (QED) is 0.178. The van der Waals surface area contributed by atoms with Crippen molar-refractivity contribution in [2.24, 2.45) is 0 Å². The molecule has 0 aliphatic heterocycles. The number of nitrogens with one attached hydrogen (secondary N) is 2. The number of unbranched alkanes of at least 4 members (excludes halogenated alkanes) is 1. The molecule has 0 saturated heterocycles. The molecule has 10 heteroatoms. The number of benzene rings is 3. The first kappa shape index (κ1) is 27.8. The highest BCUT2D eigenvalue weighted by molar-refractivity contribution is 7.99. The molecule has 0 spiro atoms. The van der Waals surface area contributed by atoms with Crippen LogP contribution >= 0.6 is 11.8 Å². The van der Waals surface area contributed by atoms with Crippen molar-refractivity contribution in [2.75, 3.05) is 17.7 Å². The lowest BCUT2D eigenvalue weighted by Gasteiger charge is -2.12. The van der Waals surface area contributed by atoms with Crippen molar-refractivity contribution in [2.45, 2.75) is 38.4 Å². The van der Waals surface area contributed by atoms with E-state index in [1.54, 1.807) is 24.3 Å². The molecule has 1 aromatic heterocycles. The largest absolute Gasteiger partial charge is 0.494 e. The van der Waals surface area contributed by atoms with Gasteiger partial charge in [-0.1, -0.05) is 37.2 Å². The molecule has 0 atom stereocenters. The van der Waals surface area contributed by atoms with Crippen molar-refractivity contribution < 1.29 is 18.7 Å². The van der Waals surface area contributed by atoms with Gasteiger partial charge in [-0.3, -0.25) is 14.2 Å². The van der Waals surface area contributed by atoms with Gasteiger partial charge in [0, 0.05) is 16.9 Å². The zero-order valence-electron chi connectivity index (χ0n) is 21.8. The molecule has 0 bridgehead atoms. The SMILES string of the molecule is CCCCOc1ccc(C(=O)NCc2nnc(SCC(=O)Nc3ccc(F)cc3)n2-c2cccc(C)c2)cc1. The van der Waals surface area contributed by atoms with Gasteiger partial charge in [-0.2, -0.15) is 0 Å². The van der Waals surface area contributed by atoms with E-state index in [-0.39, 0.29) is 29.9 Å². The maximum atomic E-state index is 13.1. The number of halogens is 1. The summed E-state index contributed by atoms with van der Waals surface area (Å²) in [4.78, 5) is 25.3. The van der Waals surface area contributed by atoms with Gasteiger partial charge in [0.05, 0.1) is 18.9 Å². The van der Waals surface area contributed by atoms with Crippen molar-refractivity contribution in [1.29, 1.82) is 0 Å². The monoisotopic (exact) mass is 547 g/mol. The summed E-state index contributed by atoms with van der Waals surface area (Å²) in [5, 5.41) is 14.7. The van der Waals surface area contributed by atoms with Crippen LogP contribution in [0.4, 0.5) is 10.1 Å². The van der Waals surface area contributed by atoms with Crippen LogP contribution in [0.5, 0.6) is 5.75 Å². The summed E-state index contributed by atoms with van der Waals surface area (Å²) in [5.74, 6) is 0.436. The van der Waals surface area contributed by atoms with E-state index in [9.17, 15) is 14.0 Å². The lowest BCUT2D eigenvalue weighted by atomic mass is 10.2. The summed E-state index contributed by atoms with van der Waals surface area (Å²) in [7, 11) is 0. The fourth-order valence-corrected chi connectivity index (χ4v) is 4.46. The fraction of sp³-hybridized carbons (Fsp3) is 0.241. The third-order valence-corrected chi connectivity index (χ3v) is 6.64. The van der Waals surface area contributed by atoms with Gasteiger partial charge in [-0.05, 0) is 79.6 Å². The topological polar surface area (TPSA) is 98.1 Å². The minimum absolute atomic E-state index is 0.0698. The van der Waals surface area contributed by atoms with Gasteiger partial charge >= 0.3 is 0 Å². The average Bonchev–Trinajstić information content (AvgIpc) is 3.35. The molecule has 0 saturated carbocycles. The number of amides is 2. The Morgan fingerprint density at radius 3 is 2.51 bits per heavy atom. The molecular weight excluding hydrogens is 517 g/mol. The Balaban J connectivity index is 1.44. The molecule has 4 rings (SSSR count). The zero-order valence-corrected chi connectivity index (χ0v) is 22.6.